The minimum absolute atomic E-state index is 0.340. The van der Waals surface area contributed by atoms with Crippen LogP contribution in [0, 0.1) is 11.8 Å². The van der Waals surface area contributed by atoms with Crippen molar-refractivity contribution in [1.29, 1.82) is 0 Å². The third-order valence-electron chi connectivity index (χ3n) is 4.26. The predicted molar refractivity (Wildman–Crippen MR) is 69.6 cm³/mol. The molecule has 2 aliphatic rings. The van der Waals surface area contributed by atoms with Gasteiger partial charge in [-0.25, -0.2) is 8.42 Å². The number of rotatable bonds is 3. The predicted octanol–water partition coefficient (Wildman–Crippen LogP) is 0.482. The van der Waals surface area contributed by atoms with Crippen LogP contribution in [0.5, 0.6) is 0 Å². The first kappa shape index (κ1) is 13.3. The lowest BCUT2D eigenvalue weighted by Crippen LogP contribution is -2.35. The SMILES string of the molecule is NCC1CCCC1CN1CCCS(=O)(=O)CC1. The Hall–Kier alpha value is -0.130. The molecule has 0 aromatic rings. The molecule has 1 aliphatic carbocycles. The summed E-state index contributed by atoms with van der Waals surface area (Å²) in [4.78, 5) is 2.34. The fraction of sp³-hybridized carbons (Fsp3) is 1.00. The number of hydrogen-bond acceptors (Lipinski definition) is 4. The van der Waals surface area contributed by atoms with E-state index >= 15 is 0 Å². The van der Waals surface area contributed by atoms with Crippen molar-refractivity contribution < 1.29 is 8.42 Å². The van der Waals surface area contributed by atoms with E-state index in [0.717, 1.165) is 32.6 Å². The molecule has 2 unspecified atom stereocenters. The minimum atomic E-state index is -2.77. The maximum Gasteiger partial charge on any atom is 0.151 e. The number of hydrogen-bond donors (Lipinski definition) is 1. The van der Waals surface area contributed by atoms with Gasteiger partial charge in [0.1, 0.15) is 0 Å². The van der Waals surface area contributed by atoms with Gasteiger partial charge in [0.15, 0.2) is 9.84 Å². The van der Waals surface area contributed by atoms with Gasteiger partial charge in [-0.3, -0.25) is 0 Å². The topological polar surface area (TPSA) is 63.4 Å². The van der Waals surface area contributed by atoms with E-state index in [4.69, 9.17) is 5.73 Å². The molecule has 17 heavy (non-hydrogen) atoms. The van der Waals surface area contributed by atoms with Gasteiger partial charge in [0.2, 0.25) is 0 Å². The molecule has 2 N–H and O–H groups in total. The molecule has 1 heterocycles. The smallest absolute Gasteiger partial charge is 0.151 e. The highest BCUT2D eigenvalue weighted by molar-refractivity contribution is 7.91. The normalized spacial score (nSPS) is 34.6. The van der Waals surface area contributed by atoms with Crippen molar-refractivity contribution >= 4 is 9.84 Å². The van der Waals surface area contributed by atoms with Crippen LogP contribution in [0.1, 0.15) is 25.7 Å². The van der Waals surface area contributed by atoms with Crippen LogP contribution in [-0.4, -0.2) is 51.0 Å². The molecule has 2 atom stereocenters. The van der Waals surface area contributed by atoms with Crippen molar-refractivity contribution in [3.05, 3.63) is 0 Å². The van der Waals surface area contributed by atoms with Crippen LogP contribution in [0.15, 0.2) is 0 Å². The van der Waals surface area contributed by atoms with Gasteiger partial charge >= 0.3 is 0 Å². The highest BCUT2D eigenvalue weighted by Gasteiger charge is 2.29. The second-order valence-corrected chi connectivity index (χ2v) is 7.80. The molecule has 100 valence electrons. The van der Waals surface area contributed by atoms with Gasteiger partial charge in [-0.15, -0.1) is 0 Å². The van der Waals surface area contributed by atoms with Crippen molar-refractivity contribution in [1.82, 2.24) is 4.90 Å². The fourth-order valence-corrected chi connectivity index (χ4v) is 4.48. The van der Waals surface area contributed by atoms with Gasteiger partial charge in [0, 0.05) is 13.1 Å². The quantitative estimate of drug-likeness (QED) is 0.802. The van der Waals surface area contributed by atoms with E-state index in [0.29, 0.717) is 23.3 Å². The van der Waals surface area contributed by atoms with Crippen molar-refractivity contribution in [2.24, 2.45) is 17.6 Å². The Bertz CT molecular complexity index is 342. The summed E-state index contributed by atoms with van der Waals surface area (Å²) in [7, 11) is -2.77. The summed E-state index contributed by atoms with van der Waals surface area (Å²) in [5.74, 6) is 2.07. The molecular formula is C12H24N2O2S. The molecule has 0 spiro atoms. The molecule has 4 nitrogen and oxygen atoms in total. The van der Waals surface area contributed by atoms with Crippen LogP contribution >= 0.6 is 0 Å². The summed E-state index contributed by atoms with van der Waals surface area (Å²) >= 11 is 0. The standard InChI is InChI=1S/C12H24N2O2S/c13-9-11-3-1-4-12(11)10-14-5-2-7-17(15,16)8-6-14/h11-12H,1-10,13H2. The molecule has 0 aromatic heterocycles. The summed E-state index contributed by atoms with van der Waals surface area (Å²) in [5, 5.41) is 0. The Balaban J connectivity index is 1.86. The van der Waals surface area contributed by atoms with Gasteiger partial charge < -0.3 is 10.6 Å². The highest BCUT2D eigenvalue weighted by Crippen LogP contribution is 2.31. The Morgan fingerprint density at radius 3 is 2.59 bits per heavy atom. The molecule has 0 aromatic carbocycles. The summed E-state index contributed by atoms with van der Waals surface area (Å²) in [5.41, 5.74) is 5.79. The van der Waals surface area contributed by atoms with Crippen LogP contribution in [-0.2, 0) is 9.84 Å². The maximum atomic E-state index is 11.5. The zero-order chi connectivity index (χ0) is 12.3. The van der Waals surface area contributed by atoms with E-state index in [1.807, 2.05) is 0 Å². The monoisotopic (exact) mass is 260 g/mol. The molecule has 2 rings (SSSR count). The molecule has 1 aliphatic heterocycles. The van der Waals surface area contributed by atoms with Crippen molar-refractivity contribution in [3.63, 3.8) is 0 Å². The number of nitrogens with zero attached hydrogens (tertiary/aromatic N) is 1. The molecule has 0 amide bonds. The summed E-state index contributed by atoms with van der Waals surface area (Å²) in [6.07, 6.45) is 4.61. The molecule has 1 saturated carbocycles. The second-order valence-electron chi connectivity index (χ2n) is 5.49. The zero-order valence-electron chi connectivity index (χ0n) is 10.5. The second kappa shape index (κ2) is 5.67. The Kier molecular flexibility index (Phi) is 4.44. The first-order valence-electron chi connectivity index (χ1n) is 6.73. The summed E-state index contributed by atoms with van der Waals surface area (Å²) in [6.45, 7) is 3.50. The summed E-state index contributed by atoms with van der Waals surface area (Å²) < 4.78 is 23.1. The van der Waals surface area contributed by atoms with E-state index in [9.17, 15) is 8.42 Å². The van der Waals surface area contributed by atoms with E-state index < -0.39 is 9.84 Å². The van der Waals surface area contributed by atoms with E-state index in [2.05, 4.69) is 4.90 Å². The van der Waals surface area contributed by atoms with Gasteiger partial charge in [-0.2, -0.15) is 0 Å². The highest BCUT2D eigenvalue weighted by atomic mass is 32.2. The molecule has 0 radical (unpaired) electrons. The summed E-state index contributed by atoms with van der Waals surface area (Å²) in [6, 6.07) is 0. The number of sulfone groups is 1. The maximum absolute atomic E-state index is 11.5. The van der Waals surface area contributed by atoms with E-state index in [-0.39, 0.29) is 0 Å². The van der Waals surface area contributed by atoms with Crippen LogP contribution in [0.3, 0.4) is 0 Å². The Morgan fingerprint density at radius 1 is 1.06 bits per heavy atom. The third-order valence-corrected chi connectivity index (χ3v) is 5.98. The van der Waals surface area contributed by atoms with E-state index in [1.165, 1.54) is 19.3 Å². The number of nitrogens with two attached hydrogens (primary N) is 1. The Labute approximate surface area is 104 Å². The first-order chi connectivity index (χ1) is 8.11. The largest absolute Gasteiger partial charge is 0.330 e. The first-order valence-corrected chi connectivity index (χ1v) is 8.56. The fourth-order valence-electron chi connectivity index (χ4n) is 3.17. The van der Waals surface area contributed by atoms with Crippen LogP contribution in [0.2, 0.25) is 0 Å². The lowest BCUT2D eigenvalue weighted by atomic mass is 9.95. The van der Waals surface area contributed by atoms with Crippen LogP contribution in [0.4, 0.5) is 0 Å². The van der Waals surface area contributed by atoms with Crippen molar-refractivity contribution in [3.8, 4) is 0 Å². The minimum Gasteiger partial charge on any atom is -0.330 e. The Morgan fingerprint density at radius 2 is 1.82 bits per heavy atom. The van der Waals surface area contributed by atoms with Crippen molar-refractivity contribution in [2.75, 3.05) is 37.7 Å². The van der Waals surface area contributed by atoms with E-state index in [1.54, 1.807) is 0 Å². The molecule has 2 fully saturated rings. The van der Waals surface area contributed by atoms with Gasteiger partial charge in [0.25, 0.3) is 0 Å². The average Bonchev–Trinajstić information content (AvgIpc) is 2.65. The molecule has 0 bridgehead atoms. The van der Waals surface area contributed by atoms with Gasteiger partial charge in [-0.05, 0) is 44.2 Å². The van der Waals surface area contributed by atoms with Crippen LogP contribution in [0.25, 0.3) is 0 Å². The third kappa shape index (κ3) is 3.66. The lowest BCUT2D eigenvalue weighted by Gasteiger charge is -2.26. The van der Waals surface area contributed by atoms with Crippen molar-refractivity contribution in [2.45, 2.75) is 25.7 Å². The lowest BCUT2D eigenvalue weighted by molar-refractivity contribution is 0.219. The molecule has 1 saturated heterocycles. The van der Waals surface area contributed by atoms with Gasteiger partial charge in [-0.1, -0.05) is 6.42 Å². The molecule has 5 heteroatoms. The zero-order valence-corrected chi connectivity index (χ0v) is 11.3. The van der Waals surface area contributed by atoms with Gasteiger partial charge in [0.05, 0.1) is 11.5 Å². The van der Waals surface area contributed by atoms with Crippen LogP contribution < -0.4 is 5.73 Å². The average molecular weight is 260 g/mol. The molecular weight excluding hydrogens is 236 g/mol.